The number of sulfonamides is 1. The average Bonchev–Trinajstić information content (AvgIpc) is 3.47. The lowest BCUT2D eigenvalue weighted by molar-refractivity contribution is -0.124. The quantitative estimate of drug-likeness (QED) is 0.301. The fourth-order valence-corrected chi connectivity index (χ4v) is 5.81. The number of halogens is 2. The summed E-state index contributed by atoms with van der Waals surface area (Å²) in [6, 6.07) is 11.1. The van der Waals surface area contributed by atoms with Crippen molar-refractivity contribution in [3.63, 3.8) is 0 Å². The van der Waals surface area contributed by atoms with E-state index >= 15 is 0 Å². The van der Waals surface area contributed by atoms with Crippen LogP contribution in [0.2, 0.25) is 0 Å². The minimum absolute atomic E-state index is 0.0232. The number of anilines is 1. The number of hydrogen-bond donors (Lipinski definition) is 1. The Morgan fingerprint density at radius 2 is 1.80 bits per heavy atom. The van der Waals surface area contributed by atoms with Crippen LogP contribution in [0.4, 0.5) is 14.5 Å². The second-order valence-corrected chi connectivity index (χ2v) is 11.1. The van der Waals surface area contributed by atoms with Gasteiger partial charge in [-0.3, -0.25) is 14.5 Å². The van der Waals surface area contributed by atoms with Crippen LogP contribution in [0.15, 0.2) is 71.9 Å². The summed E-state index contributed by atoms with van der Waals surface area (Å²) in [5.74, 6) is -2.17. The van der Waals surface area contributed by atoms with Crippen LogP contribution in [-0.4, -0.2) is 49.4 Å². The van der Waals surface area contributed by atoms with E-state index in [1.807, 2.05) is 36.1 Å². The fraction of sp³-hybridized carbons (Fsp3) is 0.207. The van der Waals surface area contributed by atoms with E-state index in [-0.39, 0.29) is 17.5 Å². The molecule has 0 saturated carbocycles. The lowest BCUT2D eigenvalue weighted by atomic mass is 9.98. The van der Waals surface area contributed by atoms with Crippen molar-refractivity contribution in [2.24, 2.45) is 0 Å². The van der Waals surface area contributed by atoms with Gasteiger partial charge in [-0.2, -0.15) is 0 Å². The predicted molar refractivity (Wildman–Crippen MR) is 148 cm³/mol. The number of hydrogen-bond acceptors (Lipinski definition) is 6. The molecule has 4 aromatic rings. The van der Waals surface area contributed by atoms with E-state index in [1.165, 1.54) is 19.4 Å². The van der Waals surface area contributed by atoms with Crippen molar-refractivity contribution in [1.82, 2.24) is 14.9 Å². The fourth-order valence-electron chi connectivity index (χ4n) is 4.70. The van der Waals surface area contributed by atoms with Gasteiger partial charge in [0.05, 0.1) is 12.6 Å². The highest BCUT2D eigenvalue weighted by Crippen LogP contribution is 2.33. The van der Waals surface area contributed by atoms with Crippen molar-refractivity contribution in [3.8, 4) is 17.0 Å². The van der Waals surface area contributed by atoms with E-state index in [9.17, 15) is 22.0 Å². The number of likely N-dealkylation sites (tertiary alicyclic amines) is 1. The van der Waals surface area contributed by atoms with E-state index in [4.69, 9.17) is 4.74 Å². The number of nitrogens with one attached hydrogen (secondary N) is 1. The van der Waals surface area contributed by atoms with E-state index in [0.29, 0.717) is 17.2 Å². The van der Waals surface area contributed by atoms with Crippen LogP contribution in [0, 0.1) is 11.6 Å². The summed E-state index contributed by atoms with van der Waals surface area (Å²) < 4.78 is 61.0. The maximum atomic E-state index is 14.3. The number of allylic oxidation sites excluding steroid dienone is 1. The molecule has 0 aliphatic carbocycles. The molecule has 2 aromatic carbocycles. The zero-order valence-corrected chi connectivity index (χ0v) is 22.6. The van der Waals surface area contributed by atoms with Gasteiger partial charge in [-0.05, 0) is 72.9 Å². The number of amides is 1. The predicted octanol–water partition coefficient (Wildman–Crippen LogP) is 5.41. The monoisotopic (exact) mass is 564 g/mol. The zero-order valence-electron chi connectivity index (χ0n) is 21.8. The van der Waals surface area contributed by atoms with Crippen LogP contribution in [0.25, 0.3) is 27.6 Å². The molecule has 0 radical (unpaired) electrons. The highest BCUT2D eigenvalue weighted by molar-refractivity contribution is 7.92. The number of fused-ring (bicyclic) bond motifs is 1. The molecular weight excluding hydrogens is 538 g/mol. The SMILES string of the molecule is COc1ncc(-c2ccc3nccc(/C(C)=C/C(=O)N4CCCC4)c3c2)cc1NS(=O)(=O)c1ccc(F)cc1F. The minimum Gasteiger partial charge on any atom is -0.480 e. The Labute approximate surface area is 230 Å². The third-order valence-electron chi connectivity index (χ3n) is 6.73. The molecule has 2 aromatic heterocycles. The molecule has 5 rings (SSSR count). The molecule has 0 bridgehead atoms. The van der Waals surface area contributed by atoms with Crippen LogP contribution in [0.5, 0.6) is 5.88 Å². The molecule has 3 heterocycles. The molecule has 1 aliphatic rings. The van der Waals surface area contributed by atoms with Gasteiger partial charge in [-0.1, -0.05) is 6.07 Å². The number of rotatable bonds is 7. The summed E-state index contributed by atoms with van der Waals surface area (Å²) in [6.45, 7) is 3.40. The maximum Gasteiger partial charge on any atom is 0.264 e. The highest BCUT2D eigenvalue weighted by atomic mass is 32.2. The summed E-state index contributed by atoms with van der Waals surface area (Å²) >= 11 is 0. The van der Waals surface area contributed by atoms with Crippen molar-refractivity contribution in [2.75, 3.05) is 24.9 Å². The molecule has 206 valence electrons. The number of methoxy groups -OCH3 is 1. The molecule has 11 heteroatoms. The summed E-state index contributed by atoms with van der Waals surface area (Å²) in [7, 11) is -3.10. The van der Waals surface area contributed by atoms with Gasteiger partial charge in [0, 0.05) is 48.6 Å². The van der Waals surface area contributed by atoms with Crippen molar-refractivity contribution in [1.29, 1.82) is 0 Å². The Morgan fingerprint density at radius 3 is 2.52 bits per heavy atom. The molecule has 1 N–H and O–H groups in total. The van der Waals surface area contributed by atoms with Gasteiger partial charge in [0.2, 0.25) is 11.8 Å². The van der Waals surface area contributed by atoms with Gasteiger partial charge in [0.15, 0.2) is 0 Å². The van der Waals surface area contributed by atoms with Crippen molar-refractivity contribution in [2.45, 2.75) is 24.7 Å². The molecule has 8 nitrogen and oxygen atoms in total. The van der Waals surface area contributed by atoms with E-state index in [2.05, 4.69) is 14.7 Å². The normalized spacial score (nSPS) is 14.0. The third-order valence-corrected chi connectivity index (χ3v) is 8.13. The zero-order chi connectivity index (χ0) is 28.4. The Hall–Kier alpha value is -4.38. The van der Waals surface area contributed by atoms with Gasteiger partial charge in [0.1, 0.15) is 22.2 Å². The van der Waals surface area contributed by atoms with Gasteiger partial charge < -0.3 is 9.64 Å². The lowest BCUT2D eigenvalue weighted by Crippen LogP contribution is -2.25. The second kappa shape index (κ2) is 11.0. The molecule has 1 amide bonds. The third kappa shape index (κ3) is 5.50. The molecule has 0 atom stereocenters. The molecule has 1 saturated heterocycles. The number of carbonyl (C=O) groups is 1. The van der Waals surface area contributed by atoms with E-state index < -0.39 is 26.6 Å². The first-order valence-corrected chi connectivity index (χ1v) is 14.0. The first-order valence-electron chi connectivity index (χ1n) is 12.5. The van der Waals surface area contributed by atoms with Crippen molar-refractivity contribution >= 4 is 38.1 Å². The van der Waals surface area contributed by atoms with Gasteiger partial charge in [-0.15, -0.1) is 0 Å². The Balaban J connectivity index is 1.52. The summed E-state index contributed by atoms with van der Waals surface area (Å²) in [5, 5.41) is 0.800. The highest BCUT2D eigenvalue weighted by Gasteiger charge is 2.22. The maximum absolute atomic E-state index is 14.3. The van der Waals surface area contributed by atoms with Crippen molar-refractivity contribution in [3.05, 3.63) is 84.2 Å². The summed E-state index contributed by atoms with van der Waals surface area (Å²) in [5.41, 5.74) is 3.57. The molecule has 40 heavy (non-hydrogen) atoms. The molecular formula is C29H26F2N4O4S. The van der Waals surface area contributed by atoms with Crippen LogP contribution in [-0.2, 0) is 14.8 Å². The van der Waals surface area contributed by atoms with E-state index in [1.54, 1.807) is 12.3 Å². The Morgan fingerprint density at radius 1 is 1.02 bits per heavy atom. The number of pyridine rings is 2. The van der Waals surface area contributed by atoms with Crippen LogP contribution < -0.4 is 9.46 Å². The Kier molecular flexibility index (Phi) is 7.49. The van der Waals surface area contributed by atoms with Crippen molar-refractivity contribution < 1.29 is 26.7 Å². The average molecular weight is 565 g/mol. The number of ether oxygens (including phenoxy) is 1. The van der Waals surface area contributed by atoms with Crippen LogP contribution in [0.1, 0.15) is 25.3 Å². The summed E-state index contributed by atoms with van der Waals surface area (Å²) in [6.07, 6.45) is 6.86. The minimum atomic E-state index is -4.43. The smallest absolute Gasteiger partial charge is 0.264 e. The topological polar surface area (TPSA) is 101 Å². The van der Waals surface area contributed by atoms with E-state index in [0.717, 1.165) is 60.1 Å². The largest absolute Gasteiger partial charge is 0.480 e. The lowest BCUT2D eigenvalue weighted by Gasteiger charge is -2.15. The standard InChI is InChI=1S/C29H26F2N4O4S/c1-18(13-28(36)35-11-3-4-12-35)22-9-10-32-25-7-5-19(14-23(22)25)20-15-26(29(39-2)33-17-20)34-40(37,38)27-8-6-21(30)16-24(27)31/h5-10,13-17,34H,3-4,11-12H2,1-2H3/b18-13+. The van der Waals surface area contributed by atoms with Gasteiger partial charge >= 0.3 is 0 Å². The van der Waals surface area contributed by atoms with Gasteiger partial charge in [0.25, 0.3) is 10.0 Å². The first kappa shape index (κ1) is 27.2. The first-order chi connectivity index (χ1) is 19.2. The number of benzene rings is 2. The molecule has 0 spiro atoms. The van der Waals surface area contributed by atoms with Crippen LogP contribution >= 0.6 is 0 Å². The second-order valence-electron chi connectivity index (χ2n) is 9.41. The number of carbonyl (C=O) groups excluding carboxylic acids is 1. The molecule has 1 fully saturated rings. The summed E-state index contributed by atoms with van der Waals surface area (Å²) in [4.78, 5) is 22.5. The van der Waals surface area contributed by atoms with Crippen LogP contribution in [0.3, 0.4) is 0 Å². The number of nitrogens with zero attached hydrogens (tertiary/aromatic N) is 3. The molecule has 0 unspecified atom stereocenters. The number of aromatic nitrogens is 2. The van der Waals surface area contributed by atoms with Gasteiger partial charge in [-0.25, -0.2) is 22.2 Å². The molecule has 1 aliphatic heterocycles. The Bertz CT molecular complexity index is 1750.